The van der Waals surface area contributed by atoms with Crippen molar-refractivity contribution in [2.75, 3.05) is 13.1 Å². The van der Waals surface area contributed by atoms with Crippen LogP contribution in [0.25, 0.3) is 0 Å². The first kappa shape index (κ1) is 11.2. The molecule has 2 rings (SSSR count). The molecule has 3 nitrogen and oxygen atoms in total. The average molecular weight is 220 g/mol. The van der Waals surface area contributed by atoms with Crippen LogP contribution in [0.3, 0.4) is 0 Å². The van der Waals surface area contributed by atoms with Gasteiger partial charge in [0.1, 0.15) is 0 Å². The summed E-state index contributed by atoms with van der Waals surface area (Å²) in [6.45, 7) is 5.91. The Kier molecular flexibility index (Phi) is 3.03. The van der Waals surface area contributed by atoms with Gasteiger partial charge in [-0.15, -0.1) is 0 Å². The molecule has 1 fully saturated rings. The lowest BCUT2D eigenvalue weighted by Crippen LogP contribution is -2.35. The molecule has 0 aliphatic carbocycles. The lowest BCUT2D eigenvalue weighted by Gasteiger charge is -2.26. The van der Waals surface area contributed by atoms with Gasteiger partial charge in [-0.1, -0.05) is 0 Å². The third kappa shape index (κ3) is 1.86. The molecule has 1 aliphatic rings. The number of piperidine rings is 1. The molecule has 0 bridgehead atoms. The number of nitrogens with zero attached hydrogens (tertiary/aromatic N) is 2. The standard InChI is InChI=1S/C13H20N2O/c1-10-9-12(11(2)14(10)3)13(16)15-7-5-4-6-8-15/h9H,4-8H2,1-3H3. The fourth-order valence-corrected chi connectivity index (χ4v) is 2.34. The SMILES string of the molecule is Cc1cc(C(=O)N2CCCCC2)c(C)n1C. The Hall–Kier alpha value is -1.25. The van der Waals surface area contributed by atoms with E-state index in [1.165, 1.54) is 6.42 Å². The molecule has 0 aromatic carbocycles. The molecule has 0 unspecified atom stereocenters. The van der Waals surface area contributed by atoms with Crippen molar-refractivity contribution in [2.45, 2.75) is 33.1 Å². The summed E-state index contributed by atoms with van der Waals surface area (Å²) >= 11 is 0. The van der Waals surface area contributed by atoms with Crippen molar-refractivity contribution in [3.8, 4) is 0 Å². The molecule has 0 N–H and O–H groups in total. The number of likely N-dealkylation sites (tertiary alicyclic amines) is 1. The first-order valence-electron chi connectivity index (χ1n) is 6.03. The zero-order chi connectivity index (χ0) is 11.7. The van der Waals surface area contributed by atoms with E-state index in [-0.39, 0.29) is 5.91 Å². The number of amides is 1. The molecule has 2 heterocycles. The minimum Gasteiger partial charge on any atom is -0.351 e. The number of carbonyl (C=O) groups excluding carboxylic acids is 1. The van der Waals surface area contributed by atoms with Crippen LogP contribution in [0.5, 0.6) is 0 Å². The molecule has 3 heteroatoms. The van der Waals surface area contributed by atoms with E-state index in [2.05, 4.69) is 4.57 Å². The van der Waals surface area contributed by atoms with E-state index in [1.54, 1.807) is 0 Å². The van der Waals surface area contributed by atoms with E-state index in [0.717, 1.165) is 42.9 Å². The predicted octanol–water partition coefficient (Wildman–Crippen LogP) is 2.27. The van der Waals surface area contributed by atoms with E-state index < -0.39 is 0 Å². The highest BCUT2D eigenvalue weighted by atomic mass is 16.2. The zero-order valence-corrected chi connectivity index (χ0v) is 10.4. The van der Waals surface area contributed by atoms with Gasteiger partial charge in [0, 0.05) is 31.5 Å². The highest BCUT2D eigenvalue weighted by molar-refractivity contribution is 5.95. The number of carbonyl (C=O) groups is 1. The average Bonchev–Trinajstić information content (AvgIpc) is 2.57. The zero-order valence-electron chi connectivity index (χ0n) is 10.4. The van der Waals surface area contributed by atoms with Gasteiger partial charge in [-0.2, -0.15) is 0 Å². The van der Waals surface area contributed by atoms with Gasteiger partial charge in [-0.25, -0.2) is 0 Å². The Bertz CT molecular complexity index is 400. The van der Waals surface area contributed by atoms with E-state index in [0.29, 0.717) is 0 Å². The lowest BCUT2D eigenvalue weighted by atomic mass is 10.1. The van der Waals surface area contributed by atoms with Crippen molar-refractivity contribution in [1.29, 1.82) is 0 Å². The second-order valence-corrected chi connectivity index (χ2v) is 4.70. The topological polar surface area (TPSA) is 25.2 Å². The van der Waals surface area contributed by atoms with Gasteiger partial charge in [-0.3, -0.25) is 4.79 Å². The first-order valence-corrected chi connectivity index (χ1v) is 6.03. The van der Waals surface area contributed by atoms with E-state index >= 15 is 0 Å². The third-order valence-electron chi connectivity index (χ3n) is 3.65. The highest BCUT2D eigenvalue weighted by Gasteiger charge is 2.21. The molecular formula is C13H20N2O. The van der Waals surface area contributed by atoms with Crippen molar-refractivity contribution in [1.82, 2.24) is 9.47 Å². The van der Waals surface area contributed by atoms with Crippen LogP contribution in [0.1, 0.15) is 41.0 Å². The molecule has 1 aromatic heterocycles. The third-order valence-corrected chi connectivity index (χ3v) is 3.65. The second kappa shape index (κ2) is 4.32. The van der Waals surface area contributed by atoms with Gasteiger partial charge in [0.15, 0.2) is 0 Å². The maximum atomic E-state index is 12.3. The Morgan fingerprint density at radius 2 is 1.81 bits per heavy atom. The predicted molar refractivity (Wildman–Crippen MR) is 64.6 cm³/mol. The molecule has 16 heavy (non-hydrogen) atoms. The Morgan fingerprint density at radius 3 is 2.31 bits per heavy atom. The molecule has 88 valence electrons. The normalized spacial score (nSPS) is 16.6. The molecule has 1 saturated heterocycles. The van der Waals surface area contributed by atoms with Gasteiger partial charge in [0.05, 0.1) is 5.56 Å². The van der Waals surface area contributed by atoms with Gasteiger partial charge < -0.3 is 9.47 Å². The Labute approximate surface area is 97.1 Å². The number of hydrogen-bond acceptors (Lipinski definition) is 1. The summed E-state index contributed by atoms with van der Waals surface area (Å²) in [4.78, 5) is 14.3. The minimum atomic E-state index is 0.209. The highest BCUT2D eigenvalue weighted by Crippen LogP contribution is 2.18. The largest absolute Gasteiger partial charge is 0.351 e. The van der Waals surface area contributed by atoms with E-state index in [1.807, 2.05) is 31.9 Å². The first-order chi connectivity index (χ1) is 7.61. The summed E-state index contributed by atoms with van der Waals surface area (Å²) in [5.74, 6) is 0.209. The Morgan fingerprint density at radius 1 is 1.19 bits per heavy atom. The van der Waals surface area contributed by atoms with Gasteiger partial charge >= 0.3 is 0 Å². The van der Waals surface area contributed by atoms with Crippen LogP contribution in [0.15, 0.2) is 6.07 Å². The molecule has 1 amide bonds. The smallest absolute Gasteiger partial charge is 0.255 e. The van der Waals surface area contributed by atoms with Crippen molar-refractivity contribution in [2.24, 2.45) is 7.05 Å². The van der Waals surface area contributed by atoms with E-state index in [4.69, 9.17) is 0 Å². The number of hydrogen-bond donors (Lipinski definition) is 0. The van der Waals surface area contributed by atoms with Crippen LogP contribution in [-0.4, -0.2) is 28.5 Å². The lowest BCUT2D eigenvalue weighted by molar-refractivity contribution is 0.0723. The van der Waals surface area contributed by atoms with E-state index in [9.17, 15) is 4.79 Å². The van der Waals surface area contributed by atoms with Crippen molar-refractivity contribution in [3.63, 3.8) is 0 Å². The Balaban J connectivity index is 2.22. The molecule has 1 aliphatic heterocycles. The number of aryl methyl sites for hydroxylation is 1. The number of aromatic nitrogens is 1. The maximum Gasteiger partial charge on any atom is 0.255 e. The van der Waals surface area contributed by atoms with Crippen LogP contribution in [0, 0.1) is 13.8 Å². The summed E-state index contributed by atoms with van der Waals surface area (Å²) in [7, 11) is 2.01. The maximum absolute atomic E-state index is 12.3. The summed E-state index contributed by atoms with van der Waals surface area (Å²) < 4.78 is 2.08. The summed E-state index contributed by atoms with van der Waals surface area (Å²) in [6.07, 6.45) is 3.56. The van der Waals surface area contributed by atoms with Crippen molar-refractivity contribution < 1.29 is 4.79 Å². The van der Waals surface area contributed by atoms with Crippen molar-refractivity contribution in [3.05, 3.63) is 23.0 Å². The van der Waals surface area contributed by atoms with Crippen molar-refractivity contribution >= 4 is 5.91 Å². The fraction of sp³-hybridized carbons (Fsp3) is 0.615. The van der Waals surface area contributed by atoms with Gasteiger partial charge in [-0.05, 0) is 39.2 Å². The summed E-state index contributed by atoms with van der Waals surface area (Å²) in [5, 5.41) is 0. The quantitative estimate of drug-likeness (QED) is 0.712. The molecule has 0 atom stereocenters. The van der Waals surface area contributed by atoms with Crippen LogP contribution < -0.4 is 0 Å². The second-order valence-electron chi connectivity index (χ2n) is 4.70. The van der Waals surface area contributed by atoms with Crippen LogP contribution >= 0.6 is 0 Å². The minimum absolute atomic E-state index is 0.209. The van der Waals surface area contributed by atoms with Gasteiger partial charge in [0.25, 0.3) is 5.91 Å². The molecule has 0 spiro atoms. The van der Waals surface area contributed by atoms with Gasteiger partial charge in [0.2, 0.25) is 0 Å². The number of rotatable bonds is 1. The summed E-state index contributed by atoms with van der Waals surface area (Å²) in [5.41, 5.74) is 3.10. The monoisotopic (exact) mass is 220 g/mol. The molecule has 1 aromatic rings. The van der Waals surface area contributed by atoms with Crippen LogP contribution in [-0.2, 0) is 7.05 Å². The molecular weight excluding hydrogens is 200 g/mol. The van der Waals surface area contributed by atoms with Crippen LogP contribution in [0.2, 0.25) is 0 Å². The molecule has 0 radical (unpaired) electrons. The summed E-state index contributed by atoms with van der Waals surface area (Å²) in [6, 6.07) is 2.01. The molecule has 0 saturated carbocycles. The van der Waals surface area contributed by atoms with Crippen LogP contribution in [0.4, 0.5) is 0 Å². The fourth-order valence-electron chi connectivity index (χ4n) is 2.34.